The van der Waals surface area contributed by atoms with Crippen LogP contribution in [0.1, 0.15) is 0 Å². The van der Waals surface area contributed by atoms with Crippen LogP contribution < -0.4 is 5.32 Å². The number of benzene rings is 1. The minimum Gasteiger partial charge on any atom is -0.323 e. The second kappa shape index (κ2) is 4.76. The fourth-order valence-corrected chi connectivity index (χ4v) is 1.36. The van der Waals surface area contributed by atoms with Gasteiger partial charge < -0.3 is 5.32 Å². The molecule has 0 aliphatic rings. The highest BCUT2D eigenvalue weighted by Crippen LogP contribution is 2.18. The molecule has 0 aliphatic carbocycles. The van der Waals surface area contributed by atoms with Gasteiger partial charge in [-0.25, -0.2) is 9.67 Å². The Kier molecular flexibility index (Phi) is 3.16. The van der Waals surface area contributed by atoms with Crippen LogP contribution in [-0.4, -0.2) is 26.6 Å². The Bertz CT molecular complexity index is 483. The number of nitrogens with zero attached hydrogens (tertiary/aromatic N) is 3. The molecule has 1 aromatic carbocycles. The molecule has 82 valence electrons. The Labute approximate surface area is 97.1 Å². The fourth-order valence-electron chi connectivity index (χ4n) is 1.30. The SMILES string of the molecule is O=C(CCl)Nc1ccccc1-n1cncn1. The van der Waals surface area contributed by atoms with E-state index >= 15 is 0 Å². The molecule has 0 spiro atoms. The van der Waals surface area contributed by atoms with Crippen molar-refractivity contribution in [3.05, 3.63) is 36.9 Å². The van der Waals surface area contributed by atoms with E-state index in [1.807, 2.05) is 18.2 Å². The van der Waals surface area contributed by atoms with E-state index in [1.54, 1.807) is 17.1 Å². The second-order valence-electron chi connectivity index (χ2n) is 3.04. The average Bonchev–Trinajstić information content (AvgIpc) is 2.83. The largest absolute Gasteiger partial charge is 0.323 e. The maximum atomic E-state index is 11.2. The molecule has 1 aromatic heterocycles. The second-order valence-corrected chi connectivity index (χ2v) is 3.31. The van der Waals surface area contributed by atoms with Gasteiger partial charge in [-0.1, -0.05) is 12.1 Å². The highest BCUT2D eigenvalue weighted by molar-refractivity contribution is 6.29. The predicted molar refractivity (Wildman–Crippen MR) is 60.7 cm³/mol. The Morgan fingerprint density at radius 2 is 2.25 bits per heavy atom. The van der Waals surface area contributed by atoms with E-state index in [0.29, 0.717) is 5.69 Å². The normalized spacial score (nSPS) is 10.1. The lowest BCUT2D eigenvalue weighted by molar-refractivity contribution is -0.113. The number of halogens is 1. The standard InChI is InChI=1S/C10H9ClN4O/c11-5-10(16)14-8-3-1-2-4-9(8)15-7-12-6-13-15/h1-4,6-7H,5H2,(H,14,16). The van der Waals surface area contributed by atoms with Crippen molar-refractivity contribution in [2.75, 3.05) is 11.2 Å². The van der Waals surface area contributed by atoms with Crippen molar-refractivity contribution in [1.29, 1.82) is 0 Å². The van der Waals surface area contributed by atoms with Crippen molar-refractivity contribution in [3.63, 3.8) is 0 Å². The van der Waals surface area contributed by atoms with Gasteiger partial charge in [-0.3, -0.25) is 4.79 Å². The maximum absolute atomic E-state index is 11.2. The first-order valence-corrected chi connectivity index (χ1v) is 5.14. The summed E-state index contributed by atoms with van der Waals surface area (Å²) >= 11 is 5.43. The predicted octanol–water partition coefficient (Wildman–Crippen LogP) is 1.44. The summed E-state index contributed by atoms with van der Waals surface area (Å²) in [5.41, 5.74) is 1.40. The molecule has 0 atom stereocenters. The van der Waals surface area contributed by atoms with Crippen LogP contribution in [-0.2, 0) is 4.79 Å². The van der Waals surface area contributed by atoms with Crippen LogP contribution in [0.5, 0.6) is 0 Å². The van der Waals surface area contributed by atoms with E-state index in [1.165, 1.54) is 6.33 Å². The number of carbonyl (C=O) groups excluding carboxylic acids is 1. The van der Waals surface area contributed by atoms with Crippen molar-refractivity contribution < 1.29 is 4.79 Å². The topological polar surface area (TPSA) is 59.8 Å². The Morgan fingerprint density at radius 3 is 2.94 bits per heavy atom. The lowest BCUT2D eigenvalue weighted by atomic mass is 10.2. The van der Waals surface area contributed by atoms with Crippen molar-refractivity contribution in [3.8, 4) is 5.69 Å². The number of alkyl halides is 1. The van der Waals surface area contributed by atoms with Gasteiger partial charge in [0.1, 0.15) is 18.5 Å². The molecular formula is C10H9ClN4O. The van der Waals surface area contributed by atoms with Gasteiger partial charge in [0.15, 0.2) is 0 Å². The molecule has 0 fully saturated rings. The van der Waals surface area contributed by atoms with Gasteiger partial charge in [0.25, 0.3) is 0 Å². The summed E-state index contributed by atoms with van der Waals surface area (Å²) in [6, 6.07) is 7.29. The monoisotopic (exact) mass is 236 g/mol. The summed E-state index contributed by atoms with van der Waals surface area (Å²) in [4.78, 5) is 15.1. The van der Waals surface area contributed by atoms with Crippen LogP contribution >= 0.6 is 11.6 Å². The molecule has 6 heteroatoms. The van der Waals surface area contributed by atoms with Gasteiger partial charge in [-0.05, 0) is 12.1 Å². The van der Waals surface area contributed by atoms with Gasteiger partial charge in [0, 0.05) is 0 Å². The van der Waals surface area contributed by atoms with Gasteiger partial charge >= 0.3 is 0 Å². The maximum Gasteiger partial charge on any atom is 0.239 e. The Hall–Kier alpha value is -1.88. The molecule has 0 unspecified atom stereocenters. The van der Waals surface area contributed by atoms with E-state index in [9.17, 15) is 4.79 Å². The highest BCUT2D eigenvalue weighted by Gasteiger charge is 2.06. The Morgan fingerprint density at radius 1 is 1.44 bits per heavy atom. The number of rotatable bonds is 3. The van der Waals surface area contributed by atoms with Crippen LogP contribution in [0.2, 0.25) is 0 Å². The summed E-state index contributed by atoms with van der Waals surface area (Å²) in [5, 5.41) is 6.69. The van der Waals surface area contributed by atoms with Crippen molar-refractivity contribution in [2.24, 2.45) is 0 Å². The van der Waals surface area contributed by atoms with Crippen molar-refractivity contribution >= 4 is 23.2 Å². The molecule has 16 heavy (non-hydrogen) atoms. The first kappa shape index (κ1) is 10.6. The highest BCUT2D eigenvalue weighted by atomic mass is 35.5. The molecule has 0 saturated carbocycles. The van der Waals surface area contributed by atoms with E-state index in [0.717, 1.165) is 5.69 Å². The molecule has 1 amide bonds. The van der Waals surface area contributed by atoms with E-state index < -0.39 is 0 Å². The van der Waals surface area contributed by atoms with Gasteiger partial charge in [0.05, 0.1) is 11.4 Å². The van der Waals surface area contributed by atoms with E-state index in [-0.39, 0.29) is 11.8 Å². The smallest absolute Gasteiger partial charge is 0.239 e. The summed E-state index contributed by atoms with van der Waals surface area (Å²) < 4.78 is 1.57. The molecule has 0 saturated heterocycles. The fraction of sp³-hybridized carbons (Fsp3) is 0.100. The van der Waals surface area contributed by atoms with Crippen LogP contribution in [0.15, 0.2) is 36.9 Å². The van der Waals surface area contributed by atoms with Crippen LogP contribution in [0.4, 0.5) is 5.69 Å². The van der Waals surface area contributed by atoms with Crippen molar-refractivity contribution in [1.82, 2.24) is 14.8 Å². The van der Waals surface area contributed by atoms with Crippen molar-refractivity contribution in [2.45, 2.75) is 0 Å². The van der Waals surface area contributed by atoms with Gasteiger partial charge in [-0.15, -0.1) is 11.6 Å². The summed E-state index contributed by atoms with van der Waals surface area (Å²) in [6.07, 6.45) is 2.99. The zero-order chi connectivity index (χ0) is 11.4. The number of hydrogen-bond donors (Lipinski definition) is 1. The van der Waals surface area contributed by atoms with Gasteiger partial charge in [-0.2, -0.15) is 5.10 Å². The molecule has 5 nitrogen and oxygen atoms in total. The van der Waals surface area contributed by atoms with Crippen LogP contribution in [0.3, 0.4) is 0 Å². The number of anilines is 1. The molecule has 2 aromatic rings. The number of amides is 1. The first-order valence-electron chi connectivity index (χ1n) is 4.61. The number of carbonyl (C=O) groups is 1. The molecule has 0 bridgehead atoms. The number of hydrogen-bond acceptors (Lipinski definition) is 3. The zero-order valence-electron chi connectivity index (χ0n) is 8.30. The quantitative estimate of drug-likeness (QED) is 0.821. The van der Waals surface area contributed by atoms with Crippen LogP contribution in [0.25, 0.3) is 5.69 Å². The third kappa shape index (κ3) is 2.20. The average molecular weight is 237 g/mol. The summed E-state index contributed by atoms with van der Waals surface area (Å²) in [7, 11) is 0. The number of nitrogens with one attached hydrogen (secondary N) is 1. The third-order valence-corrected chi connectivity index (χ3v) is 2.21. The number of aromatic nitrogens is 3. The molecule has 0 aliphatic heterocycles. The molecule has 2 rings (SSSR count). The van der Waals surface area contributed by atoms with Crippen LogP contribution in [0, 0.1) is 0 Å². The van der Waals surface area contributed by atoms with Gasteiger partial charge in [0.2, 0.25) is 5.91 Å². The van der Waals surface area contributed by atoms with E-state index in [4.69, 9.17) is 11.6 Å². The molecule has 1 N–H and O–H groups in total. The summed E-state index contributed by atoms with van der Waals surface area (Å²) in [6.45, 7) is 0. The molecular weight excluding hydrogens is 228 g/mol. The summed E-state index contributed by atoms with van der Waals surface area (Å²) in [5.74, 6) is -0.333. The minimum absolute atomic E-state index is 0.0777. The number of para-hydroxylation sites is 2. The zero-order valence-corrected chi connectivity index (χ0v) is 9.05. The first-order chi connectivity index (χ1) is 7.81. The lowest BCUT2D eigenvalue weighted by Gasteiger charge is -2.09. The molecule has 1 heterocycles. The lowest BCUT2D eigenvalue weighted by Crippen LogP contribution is -2.14. The third-order valence-electron chi connectivity index (χ3n) is 1.97. The van der Waals surface area contributed by atoms with E-state index in [2.05, 4.69) is 15.4 Å². The molecule has 0 radical (unpaired) electrons. The minimum atomic E-state index is -0.255. The Balaban J connectivity index is 2.35.